The van der Waals surface area contributed by atoms with Crippen molar-refractivity contribution in [2.45, 2.75) is 103 Å². The van der Waals surface area contributed by atoms with Gasteiger partial charge in [-0.2, -0.15) is 0 Å². The highest BCUT2D eigenvalue weighted by atomic mass is 16.3. The topological polar surface area (TPSA) is 52.6 Å². The summed E-state index contributed by atoms with van der Waals surface area (Å²) in [5, 5.41) is 13.3. The number of nitrogens with zero attached hydrogens (tertiary/aromatic N) is 1. The third kappa shape index (κ3) is 3.11. The zero-order valence-corrected chi connectivity index (χ0v) is 17.1. The van der Waals surface area contributed by atoms with Crippen molar-refractivity contribution in [2.75, 3.05) is 6.54 Å². The zero-order valence-electron chi connectivity index (χ0n) is 17.1. The fourth-order valence-corrected chi connectivity index (χ4v) is 7.11. The van der Waals surface area contributed by atoms with E-state index in [0.29, 0.717) is 18.0 Å². The summed E-state index contributed by atoms with van der Waals surface area (Å²) in [7, 11) is 0. The molecule has 26 heavy (non-hydrogen) atoms. The van der Waals surface area contributed by atoms with E-state index in [1.807, 2.05) is 0 Å². The Labute approximate surface area is 159 Å². The zero-order chi connectivity index (χ0) is 18.7. The summed E-state index contributed by atoms with van der Waals surface area (Å²) in [6.45, 7) is 9.75. The summed E-state index contributed by atoms with van der Waals surface area (Å²) in [6.07, 6.45) is 9.08. The van der Waals surface area contributed by atoms with Gasteiger partial charge >= 0.3 is 0 Å². The summed E-state index contributed by atoms with van der Waals surface area (Å²) >= 11 is 0. The van der Waals surface area contributed by atoms with Gasteiger partial charge in [0.15, 0.2) is 0 Å². The number of aliphatic hydroxyl groups excluding tert-OH is 1. The van der Waals surface area contributed by atoms with Crippen LogP contribution in [0.1, 0.15) is 79.1 Å². The van der Waals surface area contributed by atoms with Gasteiger partial charge in [-0.05, 0) is 89.4 Å². The SMILES string of the molecule is CC(C)(C)NC(=O)[C@H]1CC[C@H]2[C@@H]3CCC4C[C@@H](O)CCN4[C@H]3CC[C@]12C. The second-order valence-electron chi connectivity index (χ2n) is 10.9. The molecule has 2 heterocycles. The molecule has 2 aliphatic carbocycles. The van der Waals surface area contributed by atoms with Gasteiger partial charge in [0.1, 0.15) is 0 Å². The number of aliphatic hydroxyl groups is 1. The van der Waals surface area contributed by atoms with Gasteiger partial charge in [-0.15, -0.1) is 0 Å². The summed E-state index contributed by atoms with van der Waals surface area (Å²) < 4.78 is 0. The first-order chi connectivity index (χ1) is 12.2. The molecule has 2 N–H and O–H groups in total. The van der Waals surface area contributed by atoms with Crippen molar-refractivity contribution in [2.24, 2.45) is 23.2 Å². The standard InChI is InChI=1S/C22H38N2O2/c1-21(2,3)23-20(26)18-8-7-17-16-6-5-14-13-15(25)10-12-24(14)19(16)9-11-22(17,18)4/h14-19,25H,5-13H2,1-4H3,(H,23,26)/t14?,15-,16-,17-,18+,19-,22-/m0/s1. The minimum atomic E-state index is -0.143. The molecule has 2 saturated carbocycles. The second-order valence-corrected chi connectivity index (χ2v) is 10.9. The van der Waals surface area contributed by atoms with Crippen molar-refractivity contribution in [1.82, 2.24) is 10.2 Å². The van der Waals surface area contributed by atoms with Gasteiger partial charge in [-0.1, -0.05) is 6.92 Å². The number of hydrogen-bond donors (Lipinski definition) is 2. The molecule has 4 aliphatic rings. The van der Waals surface area contributed by atoms with Crippen LogP contribution in [0, 0.1) is 23.2 Å². The van der Waals surface area contributed by atoms with E-state index in [2.05, 4.69) is 37.9 Å². The second kappa shape index (κ2) is 6.48. The maximum atomic E-state index is 13.0. The Kier molecular flexibility index (Phi) is 4.67. The maximum absolute atomic E-state index is 13.0. The van der Waals surface area contributed by atoms with Crippen LogP contribution in [0.25, 0.3) is 0 Å². The monoisotopic (exact) mass is 362 g/mol. The third-order valence-electron chi connectivity index (χ3n) is 8.21. The summed E-state index contributed by atoms with van der Waals surface area (Å²) in [6, 6.07) is 1.30. The average molecular weight is 363 g/mol. The molecule has 2 saturated heterocycles. The Balaban J connectivity index is 1.50. The molecule has 0 aromatic rings. The molecule has 4 heteroatoms. The van der Waals surface area contributed by atoms with E-state index in [1.165, 1.54) is 32.1 Å². The van der Waals surface area contributed by atoms with Crippen molar-refractivity contribution in [3.8, 4) is 0 Å². The quantitative estimate of drug-likeness (QED) is 0.752. The van der Waals surface area contributed by atoms with Gasteiger partial charge in [0.25, 0.3) is 0 Å². The van der Waals surface area contributed by atoms with E-state index in [4.69, 9.17) is 0 Å². The van der Waals surface area contributed by atoms with E-state index in [9.17, 15) is 9.90 Å². The van der Waals surface area contributed by atoms with E-state index in [1.54, 1.807) is 0 Å². The highest BCUT2D eigenvalue weighted by Gasteiger charge is 2.58. The van der Waals surface area contributed by atoms with Crippen LogP contribution in [0.15, 0.2) is 0 Å². The van der Waals surface area contributed by atoms with E-state index < -0.39 is 0 Å². The van der Waals surface area contributed by atoms with Crippen molar-refractivity contribution in [3.63, 3.8) is 0 Å². The molecular formula is C22H38N2O2. The van der Waals surface area contributed by atoms with Crippen LogP contribution >= 0.6 is 0 Å². The first-order valence-corrected chi connectivity index (χ1v) is 10.9. The van der Waals surface area contributed by atoms with Crippen LogP contribution in [0.4, 0.5) is 0 Å². The van der Waals surface area contributed by atoms with Gasteiger partial charge in [0, 0.05) is 30.1 Å². The van der Waals surface area contributed by atoms with Crippen LogP contribution in [0.5, 0.6) is 0 Å². The lowest BCUT2D eigenvalue weighted by molar-refractivity contribution is -0.135. The van der Waals surface area contributed by atoms with Crippen molar-refractivity contribution < 1.29 is 9.90 Å². The van der Waals surface area contributed by atoms with Crippen molar-refractivity contribution >= 4 is 5.91 Å². The number of rotatable bonds is 1. The summed E-state index contributed by atoms with van der Waals surface area (Å²) in [4.78, 5) is 15.7. The van der Waals surface area contributed by atoms with Gasteiger partial charge in [0.05, 0.1) is 6.10 Å². The Morgan fingerprint density at radius 3 is 2.62 bits per heavy atom. The molecule has 148 valence electrons. The molecule has 1 amide bonds. The molecule has 0 spiro atoms. The molecule has 0 bridgehead atoms. The Bertz CT molecular complexity index is 557. The smallest absolute Gasteiger partial charge is 0.224 e. The fraction of sp³-hybridized carbons (Fsp3) is 0.955. The van der Waals surface area contributed by atoms with Crippen LogP contribution in [0.3, 0.4) is 0 Å². The minimum Gasteiger partial charge on any atom is -0.393 e. The number of piperidine rings is 2. The molecular weight excluding hydrogens is 324 g/mol. The molecule has 1 unspecified atom stereocenters. The molecule has 4 rings (SSSR count). The van der Waals surface area contributed by atoms with Crippen molar-refractivity contribution in [3.05, 3.63) is 0 Å². The fourth-order valence-electron chi connectivity index (χ4n) is 7.11. The predicted molar refractivity (Wildman–Crippen MR) is 104 cm³/mol. The third-order valence-corrected chi connectivity index (χ3v) is 8.21. The van der Waals surface area contributed by atoms with Crippen LogP contribution < -0.4 is 5.32 Å². The van der Waals surface area contributed by atoms with Gasteiger partial charge in [-0.25, -0.2) is 0 Å². The number of carbonyl (C=O) groups excluding carboxylic acids is 1. The molecule has 4 fully saturated rings. The first kappa shape index (κ1) is 18.7. The van der Waals surface area contributed by atoms with Crippen LogP contribution in [-0.2, 0) is 4.79 Å². The molecule has 2 aliphatic heterocycles. The highest BCUT2D eigenvalue weighted by molar-refractivity contribution is 5.80. The lowest BCUT2D eigenvalue weighted by Gasteiger charge is -2.57. The Morgan fingerprint density at radius 2 is 1.88 bits per heavy atom. The number of fused-ring (bicyclic) bond motifs is 5. The lowest BCUT2D eigenvalue weighted by Crippen LogP contribution is -2.60. The largest absolute Gasteiger partial charge is 0.393 e. The summed E-state index contributed by atoms with van der Waals surface area (Å²) in [5.41, 5.74) is 0.0358. The molecule has 4 nitrogen and oxygen atoms in total. The van der Waals surface area contributed by atoms with E-state index >= 15 is 0 Å². The Morgan fingerprint density at radius 1 is 1.12 bits per heavy atom. The lowest BCUT2D eigenvalue weighted by atomic mass is 9.57. The predicted octanol–water partition coefficient (Wildman–Crippen LogP) is 3.33. The molecule has 0 aromatic heterocycles. The van der Waals surface area contributed by atoms with Crippen LogP contribution in [-0.4, -0.2) is 46.2 Å². The number of nitrogens with one attached hydrogen (secondary N) is 1. The maximum Gasteiger partial charge on any atom is 0.224 e. The summed E-state index contributed by atoms with van der Waals surface area (Å²) in [5.74, 6) is 1.93. The molecule has 0 aromatic carbocycles. The Hall–Kier alpha value is -0.610. The van der Waals surface area contributed by atoms with Crippen molar-refractivity contribution in [1.29, 1.82) is 0 Å². The van der Waals surface area contributed by atoms with Gasteiger partial charge in [-0.3, -0.25) is 9.69 Å². The van der Waals surface area contributed by atoms with Gasteiger partial charge < -0.3 is 10.4 Å². The molecule has 0 radical (unpaired) electrons. The average Bonchev–Trinajstić information content (AvgIpc) is 2.90. The molecule has 7 atom stereocenters. The number of carbonyl (C=O) groups is 1. The highest BCUT2D eigenvalue weighted by Crippen LogP contribution is 2.60. The minimum absolute atomic E-state index is 0.0846. The van der Waals surface area contributed by atoms with Gasteiger partial charge in [0.2, 0.25) is 5.91 Å². The number of amides is 1. The van der Waals surface area contributed by atoms with E-state index in [-0.39, 0.29) is 28.9 Å². The first-order valence-electron chi connectivity index (χ1n) is 10.9. The number of hydrogen-bond acceptors (Lipinski definition) is 3. The van der Waals surface area contributed by atoms with Crippen LogP contribution in [0.2, 0.25) is 0 Å². The van der Waals surface area contributed by atoms with E-state index in [0.717, 1.165) is 31.7 Å². The normalized spacial score (nSPS) is 46.2.